The van der Waals surface area contributed by atoms with Crippen molar-refractivity contribution in [2.45, 2.75) is 0 Å². The van der Waals surface area contributed by atoms with Crippen molar-refractivity contribution in [2.24, 2.45) is 0 Å². The first kappa shape index (κ1) is 13.8. The van der Waals surface area contributed by atoms with Crippen molar-refractivity contribution < 1.29 is 14.6 Å². The van der Waals surface area contributed by atoms with Gasteiger partial charge in [0, 0.05) is 15.0 Å². The topological polar surface area (TPSA) is 59.4 Å². The minimum absolute atomic E-state index is 0.0330. The molecule has 0 saturated carbocycles. The number of halogens is 1. The SMILES string of the molecule is O=C(O)c1cc(Oc2cccc(I)c2)c2ccccc2n1. The van der Waals surface area contributed by atoms with E-state index in [9.17, 15) is 4.79 Å². The first-order chi connectivity index (χ1) is 10.1. The van der Waals surface area contributed by atoms with Gasteiger partial charge in [-0.3, -0.25) is 0 Å². The maximum atomic E-state index is 11.2. The Morgan fingerprint density at radius 3 is 2.67 bits per heavy atom. The number of hydrogen-bond acceptors (Lipinski definition) is 3. The summed E-state index contributed by atoms with van der Waals surface area (Å²) in [5.41, 5.74) is 0.562. The fraction of sp³-hybridized carbons (Fsp3) is 0. The molecule has 21 heavy (non-hydrogen) atoms. The molecule has 0 bridgehead atoms. The van der Waals surface area contributed by atoms with E-state index in [2.05, 4.69) is 27.6 Å². The molecule has 1 N–H and O–H groups in total. The molecule has 0 atom stereocenters. The molecule has 4 nitrogen and oxygen atoms in total. The van der Waals surface area contributed by atoms with E-state index in [4.69, 9.17) is 9.84 Å². The van der Waals surface area contributed by atoms with Gasteiger partial charge in [-0.05, 0) is 52.9 Å². The number of fused-ring (bicyclic) bond motifs is 1. The summed E-state index contributed by atoms with van der Waals surface area (Å²) < 4.78 is 6.90. The van der Waals surface area contributed by atoms with Crippen LogP contribution in [0.3, 0.4) is 0 Å². The van der Waals surface area contributed by atoms with Crippen molar-refractivity contribution in [2.75, 3.05) is 0 Å². The quantitative estimate of drug-likeness (QED) is 0.676. The van der Waals surface area contributed by atoms with Gasteiger partial charge >= 0.3 is 5.97 Å². The molecule has 0 amide bonds. The van der Waals surface area contributed by atoms with Crippen molar-refractivity contribution in [1.29, 1.82) is 0 Å². The zero-order chi connectivity index (χ0) is 14.8. The van der Waals surface area contributed by atoms with Gasteiger partial charge < -0.3 is 9.84 Å². The fourth-order valence-corrected chi connectivity index (χ4v) is 2.51. The second-order valence-corrected chi connectivity index (χ2v) is 5.63. The van der Waals surface area contributed by atoms with Crippen molar-refractivity contribution in [1.82, 2.24) is 4.98 Å². The lowest BCUT2D eigenvalue weighted by molar-refractivity contribution is 0.0690. The molecule has 0 aliphatic carbocycles. The monoisotopic (exact) mass is 391 g/mol. The summed E-state index contributed by atoms with van der Waals surface area (Å²) in [4.78, 5) is 15.3. The predicted molar refractivity (Wildman–Crippen MR) is 87.9 cm³/mol. The molecule has 0 aliphatic rings. The van der Waals surface area contributed by atoms with Gasteiger partial charge in [0.1, 0.15) is 11.5 Å². The van der Waals surface area contributed by atoms with E-state index in [1.807, 2.05) is 42.5 Å². The molecule has 0 unspecified atom stereocenters. The molecule has 1 heterocycles. The molecular weight excluding hydrogens is 381 g/mol. The van der Waals surface area contributed by atoms with Crippen LogP contribution >= 0.6 is 22.6 Å². The van der Waals surface area contributed by atoms with Crippen molar-refractivity contribution >= 4 is 39.5 Å². The van der Waals surface area contributed by atoms with Crippen LogP contribution in [0.4, 0.5) is 0 Å². The molecule has 0 saturated heterocycles. The lowest BCUT2D eigenvalue weighted by Gasteiger charge is -2.10. The van der Waals surface area contributed by atoms with Crippen LogP contribution in [0.5, 0.6) is 11.5 Å². The summed E-state index contributed by atoms with van der Waals surface area (Å²) >= 11 is 2.20. The van der Waals surface area contributed by atoms with E-state index in [1.54, 1.807) is 6.07 Å². The number of carboxylic acid groups (broad SMARTS) is 1. The Hall–Kier alpha value is -2.15. The van der Waals surface area contributed by atoms with Crippen LogP contribution in [-0.4, -0.2) is 16.1 Å². The molecule has 0 aliphatic heterocycles. The van der Waals surface area contributed by atoms with Gasteiger partial charge in [0.2, 0.25) is 0 Å². The van der Waals surface area contributed by atoms with Crippen LogP contribution in [0.2, 0.25) is 0 Å². The molecule has 104 valence electrons. The van der Waals surface area contributed by atoms with E-state index in [-0.39, 0.29) is 5.69 Å². The maximum Gasteiger partial charge on any atom is 0.354 e. The van der Waals surface area contributed by atoms with Gasteiger partial charge in [-0.2, -0.15) is 0 Å². The van der Waals surface area contributed by atoms with E-state index in [1.165, 1.54) is 6.07 Å². The fourth-order valence-electron chi connectivity index (χ4n) is 1.99. The third-order valence-electron chi connectivity index (χ3n) is 2.92. The number of aromatic nitrogens is 1. The molecule has 3 rings (SSSR count). The number of carbonyl (C=O) groups is 1. The average Bonchev–Trinajstić information content (AvgIpc) is 2.47. The molecule has 0 radical (unpaired) electrons. The van der Waals surface area contributed by atoms with E-state index < -0.39 is 5.97 Å². The highest BCUT2D eigenvalue weighted by Crippen LogP contribution is 2.30. The van der Waals surface area contributed by atoms with Crippen LogP contribution in [0.25, 0.3) is 10.9 Å². The average molecular weight is 391 g/mol. The van der Waals surface area contributed by atoms with E-state index >= 15 is 0 Å². The second-order valence-electron chi connectivity index (χ2n) is 4.39. The lowest BCUT2D eigenvalue weighted by atomic mass is 10.2. The van der Waals surface area contributed by atoms with Gasteiger partial charge in [-0.25, -0.2) is 9.78 Å². The number of pyridine rings is 1. The smallest absolute Gasteiger partial charge is 0.354 e. The number of aromatic carboxylic acids is 1. The summed E-state index contributed by atoms with van der Waals surface area (Å²) in [5.74, 6) is 0.0721. The molecule has 0 spiro atoms. The second kappa shape index (κ2) is 5.69. The van der Waals surface area contributed by atoms with Crippen LogP contribution in [0, 0.1) is 3.57 Å². The molecule has 5 heteroatoms. The Balaban J connectivity index is 2.13. The zero-order valence-electron chi connectivity index (χ0n) is 10.8. The number of para-hydroxylation sites is 1. The Bertz CT molecular complexity index is 833. The molecule has 2 aromatic carbocycles. The molecule has 1 aromatic heterocycles. The molecule has 3 aromatic rings. The first-order valence-electron chi connectivity index (χ1n) is 6.20. The Labute approximate surface area is 134 Å². The van der Waals surface area contributed by atoms with E-state index in [0.717, 1.165) is 8.96 Å². The number of nitrogens with zero attached hydrogens (tertiary/aromatic N) is 1. The third kappa shape index (κ3) is 2.97. The van der Waals surface area contributed by atoms with Gasteiger partial charge in [-0.1, -0.05) is 18.2 Å². The van der Waals surface area contributed by atoms with E-state index in [0.29, 0.717) is 17.0 Å². The minimum Gasteiger partial charge on any atom is -0.477 e. The van der Waals surface area contributed by atoms with Gasteiger partial charge in [0.15, 0.2) is 5.69 Å². The Morgan fingerprint density at radius 2 is 1.90 bits per heavy atom. The highest BCUT2D eigenvalue weighted by molar-refractivity contribution is 14.1. The Morgan fingerprint density at radius 1 is 1.10 bits per heavy atom. The highest BCUT2D eigenvalue weighted by Gasteiger charge is 2.12. The number of benzene rings is 2. The normalized spacial score (nSPS) is 10.5. The number of hydrogen-bond donors (Lipinski definition) is 1. The number of carboxylic acids is 1. The minimum atomic E-state index is -1.08. The van der Waals surface area contributed by atoms with Crippen molar-refractivity contribution in [3.05, 3.63) is 63.9 Å². The molecule has 0 fully saturated rings. The number of rotatable bonds is 3. The first-order valence-corrected chi connectivity index (χ1v) is 7.28. The van der Waals surface area contributed by atoms with Crippen LogP contribution in [-0.2, 0) is 0 Å². The summed E-state index contributed by atoms with van der Waals surface area (Å²) in [5, 5.41) is 9.94. The maximum absolute atomic E-state index is 11.2. The summed E-state index contributed by atoms with van der Waals surface area (Å²) in [6.45, 7) is 0. The van der Waals surface area contributed by atoms with Crippen LogP contribution in [0.15, 0.2) is 54.6 Å². The third-order valence-corrected chi connectivity index (χ3v) is 3.59. The van der Waals surface area contributed by atoms with Crippen LogP contribution in [0.1, 0.15) is 10.5 Å². The standard InChI is InChI=1S/C16H10INO3/c17-10-4-3-5-11(8-10)21-15-9-14(16(19)20)18-13-7-2-1-6-12(13)15/h1-9H,(H,19,20). The van der Waals surface area contributed by atoms with Gasteiger partial charge in [0.25, 0.3) is 0 Å². The lowest BCUT2D eigenvalue weighted by Crippen LogP contribution is -2.01. The highest BCUT2D eigenvalue weighted by atomic mass is 127. The zero-order valence-corrected chi connectivity index (χ0v) is 12.9. The van der Waals surface area contributed by atoms with Crippen LogP contribution < -0.4 is 4.74 Å². The molecular formula is C16H10INO3. The largest absolute Gasteiger partial charge is 0.477 e. The predicted octanol–water partition coefficient (Wildman–Crippen LogP) is 4.33. The summed E-state index contributed by atoms with van der Waals surface area (Å²) in [7, 11) is 0. The van der Waals surface area contributed by atoms with Gasteiger partial charge in [0.05, 0.1) is 5.52 Å². The van der Waals surface area contributed by atoms with Crippen molar-refractivity contribution in [3.8, 4) is 11.5 Å². The van der Waals surface area contributed by atoms with Crippen molar-refractivity contribution in [3.63, 3.8) is 0 Å². The summed E-state index contributed by atoms with van der Waals surface area (Å²) in [6.07, 6.45) is 0. The Kier molecular flexibility index (Phi) is 3.74. The summed E-state index contributed by atoms with van der Waals surface area (Å²) in [6, 6.07) is 16.3. The number of ether oxygens (including phenoxy) is 1. The van der Waals surface area contributed by atoms with Gasteiger partial charge in [-0.15, -0.1) is 0 Å².